The molecule has 0 radical (unpaired) electrons. The number of nitro groups is 2. The fourth-order valence-electron chi connectivity index (χ4n) is 2.97. The third kappa shape index (κ3) is 7.93. The number of unbranched alkanes of at least 4 members (excludes halogenated alkanes) is 2. The predicted molar refractivity (Wildman–Crippen MR) is 128 cm³/mol. The SMILES string of the molecule is CCCCOC(=O)c1cc(OCCOc2ccccc2[N+](=O)[O-])c([N+](=O)[O-])cc1C(=O)OCCCC. The van der Waals surface area contributed by atoms with E-state index in [-0.39, 0.29) is 54.7 Å². The average molecular weight is 504 g/mol. The fourth-order valence-corrected chi connectivity index (χ4v) is 2.97. The highest BCUT2D eigenvalue weighted by Crippen LogP contribution is 2.32. The minimum atomic E-state index is -0.889. The molecule has 0 spiro atoms. The number of carbonyl (C=O) groups is 2. The molecule has 0 aliphatic heterocycles. The molecule has 0 fully saturated rings. The van der Waals surface area contributed by atoms with Crippen LogP contribution >= 0.6 is 0 Å². The Kier molecular flexibility index (Phi) is 11.1. The minimum absolute atomic E-state index is 0.00552. The van der Waals surface area contributed by atoms with Crippen molar-refractivity contribution in [3.05, 3.63) is 67.8 Å². The maximum absolute atomic E-state index is 12.7. The number of rotatable bonds is 15. The van der Waals surface area contributed by atoms with Gasteiger partial charge in [0.2, 0.25) is 0 Å². The smallest absolute Gasteiger partial charge is 0.339 e. The van der Waals surface area contributed by atoms with Crippen LogP contribution in [-0.2, 0) is 9.47 Å². The molecule has 0 atom stereocenters. The second-order valence-corrected chi connectivity index (χ2v) is 7.52. The lowest BCUT2D eigenvalue weighted by Gasteiger charge is -2.13. The number of nitrogens with zero attached hydrogens (tertiary/aromatic N) is 2. The molecule has 0 bridgehead atoms. The molecule has 12 heteroatoms. The summed E-state index contributed by atoms with van der Waals surface area (Å²) >= 11 is 0. The second-order valence-electron chi connectivity index (χ2n) is 7.52. The normalized spacial score (nSPS) is 10.4. The highest BCUT2D eigenvalue weighted by molar-refractivity contribution is 6.04. The molecule has 194 valence electrons. The number of carbonyl (C=O) groups excluding carboxylic acids is 2. The molecular weight excluding hydrogens is 476 g/mol. The Balaban J connectivity index is 2.27. The van der Waals surface area contributed by atoms with Gasteiger partial charge in [-0.15, -0.1) is 0 Å². The number of benzene rings is 2. The topological polar surface area (TPSA) is 157 Å². The van der Waals surface area contributed by atoms with Gasteiger partial charge in [-0.2, -0.15) is 0 Å². The summed E-state index contributed by atoms with van der Waals surface area (Å²) in [5.41, 5.74) is -1.34. The van der Waals surface area contributed by atoms with Gasteiger partial charge in [-0.3, -0.25) is 20.2 Å². The first-order valence-electron chi connectivity index (χ1n) is 11.5. The van der Waals surface area contributed by atoms with Crippen molar-refractivity contribution in [2.75, 3.05) is 26.4 Å². The van der Waals surface area contributed by atoms with Crippen LogP contribution in [0.1, 0.15) is 60.2 Å². The van der Waals surface area contributed by atoms with Crippen LogP contribution in [0.2, 0.25) is 0 Å². The lowest BCUT2D eigenvalue weighted by Crippen LogP contribution is -2.17. The van der Waals surface area contributed by atoms with Crippen molar-refractivity contribution in [1.29, 1.82) is 0 Å². The van der Waals surface area contributed by atoms with Crippen molar-refractivity contribution in [2.45, 2.75) is 39.5 Å². The maximum atomic E-state index is 12.7. The van der Waals surface area contributed by atoms with Crippen LogP contribution in [0, 0.1) is 20.2 Å². The van der Waals surface area contributed by atoms with Crippen LogP contribution in [0.4, 0.5) is 11.4 Å². The second kappa shape index (κ2) is 14.2. The zero-order valence-electron chi connectivity index (χ0n) is 20.1. The van der Waals surface area contributed by atoms with E-state index in [4.69, 9.17) is 18.9 Å². The van der Waals surface area contributed by atoms with Crippen LogP contribution in [0.25, 0.3) is 0 Å². The van der Waals surface area contributed by atoms with Gasteiger partial charge in [-0.25, -0.2) is 9.59 Å². The van der Waals surface area contributed by atoms with E-state index in [1.807, 2.05) is 13.8 Å². The maximum Gasteiger partial charge on any atom is 0.339 e. The third-order valence-corrected chi connectivity index (χ3v) is 4.86. The number of hydrogen-bond donors (Lipinski definition) is 0. The molecule has 0 heterocycles. The number of hydrogen-bond acceptors (Lipinski definition) is 10. The average Bonchev–Trinajstić information content (AvgIpc) is 2.86. The van der Waals surface area contributed by atoms with E-state index in [0.717, 1.165) is 25.0 Å². The van der Waals surface area contributed by atoms with Crippen LogP contribution in [0.3, 0.4) is 0 Å². The van der Waals surface area contributed by atoms with Crippen molar-refractivity contribution in [3.8, 4) is 11.5 Å². The summed E-state index contributed by atoms with van der Waals surface area (Å²) in [5.74, 6) is -2.02. The van der Waals surface area contributed by atoms with Gasteiger partial charge in [0.25, 0.3) is 0 Å². The monoisotopic (exact) mass is 504 g/mol. The number of ether oxygens (including phenoxy) is 4. The molecule has 36 heavy (non-hydrogen) atoms. The summed E-state index contributed by atoms with van der Waals surface area (Å²) in [4.78, 5) is 46.7. The van der Waals surface area contributed by atoms with E-state index >= 15 is 0 Å². The van der Waals surface area contributed by atoms with Gasteiger partial charge in [0.05, 0.1) is 34.2 Å². The summed E-state index contributed by atoms with van der Waals surface area (Å²) in [6.45, 7) is 3.59. The van der Waals surface area contributed by atoms with Gasteiger partial charge in [0, 0.05) is 18.2 Å². The molecule has 2 aromatic rings. The highest BCUT2D eigenvalue weighted by Gasteiger charge is 2.28. The predicted octanol–water partition coefficient (Wildman–Crippen LogP) is 4.87. The lowest BCUT2D eigenvalue weighted by atomic mass is 10.1. The Hall–Kier alpha value is -4.22. The first kappa shape index (κ1) is 28.0. The summed E-state index contributed by atoms with van der Waals surface area (Å²) < 4.78 is 21.2. The Morgan fingerprint density at radius 1 is 0.722 bits per heavy atom. The Morgan fingerprint density at radius 2 is 1.22 bits per heavy atom. The first-order valence-corrected chi connectivity index (χ1v) is 11.5. The number of para-hydroxylation sites is 2. The van der Waals surface area contributed by atoms with Crippen molar-refractivity contribution in [2.24, 2.45) is 0 Å². The molecule has 0 saturated heterocycles. The summed E-state index contributed by atoms with van der Waals surface area (Å²) in [6, 6.07) is 7.71. The standard InChI is InChI=1S/C24H28N2O10/c1-3-5-11-35-23(27)17-15-20(26(31)32)22(16-18(17)24(28)36-12-6-4-2)34-14-13-33-21-10-8-7-9-19(21)25(29)30/h7-10,15-16H,3-6,11-14H2,1-2H3. The molecule has 0 amide bonds. The van der Waals surface area contributed by atoms with E-state index in [1.165, 1.54) is 18.2 Å². The molecule has 2 aromatic carbocycles. The van der Waals surface area contributed by atoms with Crippen LogP contribution in [0.5, 0.6) is 11.5 Å². The van der Waals surface area contributed by atoms with Gasteiger partial charge in [0.1, 0.15) is 13.2 Å². The summed E-state index contributed by atoms with van der Waals surface area (Å²) in [5, 5.41) is 22.8. The summed E-state index contributed by atoms with van der Waals surface area (Å²) in [7, 11) is 0. The van der Waals surface area contributed by atoms with E-state index in [2.05, 4.69) is 0 Å². The van der Waals surface area contributed by atoms with E-state index in [9.17, 15) is 29.8 Å². The molecule has 0 aliphatic carbocycles. The van der Waals surface area contributed by atoms with Crippen molar-refractivity contribution in [3.63, 3.8) is 0 Å². The van der Waals surface area contributed by atoms with Gasteiger partial charge < -0.3 is 18.9 Å². The molecule has 0 N–H and O–H groups in total. The van der Waals surface area contributed by atoms with E-state index in [0.29, 0.717) is 12.8 Å². The highest BCUT2D eigenvalue weighted by atomic mass is 16.6. The summed E-state index contributed by atoms with van der Waals surface area (Å²) in [6.07, 6.45) is 2.72. The van der Waals surface area contributed by atoms with Crippen LogP contribution < -0.4 is 9.47 Å². The largest absolute Gasteiger partial charge is 0.483 e. The van der Waals surface area contributed by atoms with Gasteiger partial charge in [-0.05, 0) is 18.9 Å². The fraction of sp³-hybridized carbons (Fsp3) is 0.417. The molecule has 0 aliphatic rings. The first-order chi connectivity index (χ1) is 17.3. The van der Waals surface area contributed by atoms with Crippen LogP contribution in [-0.4, -0.2) is 48.2 Å². The Bertz CT molecular complexity index is 1090. The Labute approximate surface area is 207 Å². The Morgan fingerprint density at radius 3 is 1.75 bits per heavy atom. The van der Waals surface area contributed by atoms with Gasteiger partial charge in [0.15, 0.2) is 11.5 Å². The number of esters is 2. The van der Waals surface area contributed by atoms with E-state index < -0.39 is 27.5 Å². The molecule has 12 nitrogen and oxygen atoms in total. The zero-order valence-corrected chi connectivity index (χ0v) is 20.1. The van der Waals surface area contributed by atoms with Crippen LogP contribution in [0.15, 0.2) is 36.4 Å². The van der Waals surface area contributed by atoms with E-state index in [1.54, 1.807) is 6.07 Å². The molecule has 0 aromatic heterocycles. The van der Waals surface area contributed by atoms with Gasteiger partial charge >= 0.3 is 23.3 Å². The van der Waals surface area contributed by atoms with Crippen molar-refractivity contribution in [1.82, 2.24) is 0 Å². The molecule has 2 rings (SSSR count). The molecule has 0 unspecified atom stereocenters. The van der Waals surface area contributed by atoms with Crippen molar-refractivity contribution < 1.29 is 38.4 Å². The molecular formula is C24H28N2O10. The zero-order chi connectivity index (χ0) is 26.5. The number of nitro benzene ring substituents is 2. The lowest BCUT2D eigenvalue weighted by molar-refractivity contribution is -0.386. The quantitative estimate of drug-likeness (QED) is 0.142. The third-order valence-electron chi connectivity index (χ3n) is 4.86. The van der Waals surface area contributed by atoms with Crippen molar-refractivity contribution >= 4 is 23.3 Å². The van der Waals surface area contributed by atoms with Gasteiger partial charge in [-0.1, -0.05) is 38.8 Å². The molecule has 0 saturated carbocycles. The minimum Gasteiger partial charge on any atom is -0.483 e.